The highest BCUT2D eigenvalue weighted by molar-refractivity contribution is 7.36. The first-order chi connectivity index (χ1) is 12.9. The van der Waals surface area contributed by atoms with Crippen molar-refractivity contribution >= 4 is 8.58 Å². The van der Waals surface area contributed by atoms with Gasteiger partial charge in [-0.25, -0.2) is 0 Å². The van der Waals surface area contributed by atoms with Crippen LogP contribution in [0.15, 0.2) is 0 Å². The van der Waals surface area contributed by atoms with E-state index < -0.39 is 0 Å². The second kappa shape index (κ2) is 28.6. The molecular formula is C24H54NOP. The van der Waals surface area contributed by atoms with Crippen LogP contribution in [-0.4, -0.2) is 24.8 Å². The molecule has 1 unspecified atom stereocenters. The van der Waals surface area contributed by atoms with Crippen LogP contribution < -0.4 is 5.73 Å². The summed E-state index contributed by atoms with van der Waals surface area (Å²) in [6.07, 6.45) is 32.0. The molecule has 0 saturated heterocycles. The minimum absolute atomic E-state index is 0. The maximum absolute atomic E-state index is 5.52. The quantitative estimate of drug-likeness (QED) is 0.138. The van der Waals surface area contributed by atoms with Crippen molar-refractivity contribution in [3.8, 4) is 0 Å². The van der Waals surface area contributed by atoms with Crippen molar-refractivity contribution in [2.24, 2.45) is 5.73 Å². The second-order valence-electron chi connectivity index (χ2n) is 8.32. The number of nitrogens with two attached hydrogens (primary N) is 1. The average molecular weight is 404 g/mol. The maximum Gasteiger partial charge on any atom is -0.00773 e. The molecular weight excluding hydrogens is 349 g/mol. The summed E-state index contributed by atoms with van der Waals surface area (Å²) in [5.74, 6) is 0. The summed E-state index contributed by atoms with van der Waals surface area (Å²) in [7, 11) is 1.16. The molecule has 0 aromatic rings. The Morgan fingerprint density at radius 1 is 0.407 bits per heavy atom. The molecule has 0 bridgehead atoms. The third-order valence-electron chi connectivity index (χ3n) is 5.63. The van der Waals surface area contributed by atoms with E-state index in [4.69, 9.17) is 5.73 Å². The minimum atomic E-state index is 0. The van der Waals surface area contributed by atoms with Crippen molar-refractivity contribution < 1.29 is 5.48 Å². The molecule has 2 nitrogen and oxygen atoms in total. The number of unbranched alkanes of at least 4 members (excludes halogenated alkanes) is 20. The molecule has 0 saturated carbocycles. The van der Waals surface area contributed by atoms with E-state index in [0.717, 1.165) is 15.1 Å². The van der Waals surface area contributed by atoms with Crippen molar-refractivity contribution in [3.63, 3.8) is 0 Å². The van der Waals surface area contributed by atoms with Gasteiger partial charge in [0.2, 0.25) is 0 Å². The number of hydrogen-bond acceptors (Lipinski definition) is 1. The molecule has 166 valence electrons. The van der Waals surface area contributed by atoms with Gasteiger partial charge in [-0.05, 0) is 32.2 Å². The lowest BCUT2D eigenvalue weighted by Crippen LogP contribution is -1.97. The molecule has 0 amide bonds. The van der Waals surface area contributed by atoms with Crippen molar-refractivity contribution in [3.05, 3.63) is 0 Å². The lowest BCUT2D eigenvalue weighted by Gasteiger charge is -2.04. The summed E-state index contributed by atoms with van der Waals surface area (Å²) in [4.78, 5) is 0. The molecule has 0 fully saturated rings. The number of hydrogen-bond donors (Lipinski definition) is 1. The summed E-state index contributed by atoms with van der Waals surface area (Å²) in [6.45, 7) is 3.20. The third-order valence-corrected chi connectivity index (χ3v) is 6.48. The van der Waals surface area contributed by atoms with Crippen LogP contribution in [0, 0.1) is 0 Å². The van der Waals surface area contributed by atoms with Gasteiger partial charge >= 0.3 is 0 Å². The van der Waals surface area contributed by atoms with Gasteiger partial charge in [0.15, 0.2) is 0 Å². The lowest BCUT2D eigenvalue weighted by molar-refractivity contribution is 0.521. The Kier molecular flexibility index (Phi) is 31.3. The molecule has 0 rings (SSSR count). The van der Waals surface area contributed by atoms with Gasteiger partial charge in [-0.3, -0.25) is 0 Å². The van der Waals surface area contributed by atoms with Crippen LogP contribution in [0.2, 0.25) is 0 Å². The van der Waals surface area contributed by atoms with Gasteiger partial charge in [0.25, 0.3) is 0 Å². The summed E-state index contributed by atoms with van der Waals surface area (Å²) in [6, 6.07) is 0. The summed E-state index contributed by atoms with van der Waals surface area (Å²) in [5.41, 5.74) is 5.52. The second-order valence-corrected chi connectivity index (χ2v) is 9.52. The Hall–Kier alpha value is 0.350. The van der Waals surface area contributed by atoms with E-state index in [9.17, 15) is 0 Å². The van der Waals surface area contributed by atoms with Gasteiger partial charge in [0, 0.05) is 0 Å². The van der Waals surface area contributed by atoms with Crippen molar-refractivity contribution in [2.45, 2.75) is 135 Å². The van der Waals surface area contributed by atoms with Gasteiger partial charge in [0.05, 0.1) is 0 Å². The van der Waals surface area contributed by atoms with Gasteiger partial charge < -0.3 is 11.2 Å². The predicted octanol–water partition coefficient (Wildman–Crippen LogP) is 7.62. The first kappa shape index (κ1) is 29.6. The van der Waals surface area contributed by atoms with E-state index in [0.29, 0.717) is 0 Å². The van der Waals surface area contributed by atoms with Crippen LogP contribution >= 0.6 is 8.58 Å². The largest absolute Gasteiger partial charge is 0.412 e. The van der Waals surface area contributed by atoms with Crippen LogP contribution in [0.3, 0.4) is 0 Å². The molecule has 0 aliphatic rings. The van der Waals surface area contributed by atoms with Gasteiger partial charge in [0.1, 0.15) is 0 Å². The molecule has 4 N–H and O–H groups in total. The first-order valence-electron chi connectivity index (χ1n) is 12.3. The third kappa shape index (κ3) is 28.7. The van der Waals surface area contributed by atoms with E-state index in [1.807, 2.05) is 0 Å². The molecule has 0 aromatic heterocycles. The Balaban J connectivity index is 0. The molecule has 0 aliphatic carbocycles. The lowest BCUT2D eigenvalue weighted by atomic mass is 10.0. The summed E-state index contributed by atoms with van der Waals surface area (Å²) < 4.78 is 0. The van der Waals surface area contributed by atoms with Crippen LogP contribution in [0.5, 0.6) is 0 Å². The maximum atomic E-state index is 5.52. The molecule has 0 aliphatic heterocycles. The fourth-order valence-corrected chi connectivity index (χ4v) is 4.41. The molecule has 0 aromatic carbocycles. The fraction of sp³-hybridized carbons (Fsp3) is 1.00. The standard InChI is InChI=1S/C24H52NP.H2O/c1-26-24-22-20-18-16-14-12-10-8-6-4-2-3-5-7-9-11-13-15-17-19-21-23-25;/h26H,2-25H2,1H3;1H2. The van der Waals surface area contributed by atoms with Crippen molar-refractivity contribution in [1.29, 1.82) is 0 Å². The Morgan fingerprint density at radius 2 is 0.630 bits per heavy atom. The highest BCUT2D eigenvalue weighted by atomic mass is 31.1. The van der Waals surface area contributed by atoms with Crippen LogP contribution in [-0.2, 0) is 0 Å². The SMILES string of the molecule is CPCCCCCCCCCCCCCCCCCCCCCCCN.O. The first-order valence-corrected chi connectivity index (χ1v) is 14.0. The van der Waals surface area contributed by atoms with Gasteiger partial charge in [-0.15, -0.1) is 8.58 Å². The van der Waals surface area contributed by atoms with E-state index >= 15 is 0 Å². The Bertz CT molecular complexity index is 214. The molecule has 0 heterocycles. The van der Waals surface area contributed by atoms with Crippen LogP contribution in [0.1, 0.15) is 135 Å². The summed E-state index contributed by atoms with van der Waals surface area (Å²) >= 11 is 0. The zero-order valence-electron chi connectivity index (χ0n) is 18.8. The smallest absolute Gasteiger partial charge is 0.00773 e. The molecule has 27 heavy (non-hydrogen) atoms. The van der Waals surface area contributed by atoms with Crippen LogP contribution in [0.4, 0.5) is 0 Å². The molecule has 0 spiro atoms. The zero-order valence-corrected chi connectivity index (χ0v) is 19.8. The van der Waals surface area contributed by atoms with E-state index in [1.165, 1.54) is 141 Å². The highest BCUT2D eigenvalue weighted by Gasteiger charge is 1.95. The topological polar surface area (TPSA) is 57.5 Å². The molecule has 3 heteroatoms. The fourth-order valence-electron chi connectivity index (χ4n) is 3.80. The van der Waals surface area contributed by atoms with Crippen molar-refractivity contribution in [1.82, 2.24) is 0 Å². The van der Waals surface area contributed by atoms with E-state index in [1.54, 1.807) is 0 Å². The average Bonchev–Trinajstić information content (AvgIpc) is 2.66. The number of rotatable bonds is 23. The Morgan fingerprint density at radius 3 is 0.852 bits per heavy atom. The summed E-state index contributed by atoms with van der Waals surface area (Å²) in [5, 5.41) is 0. The van der Waals surface area contributed by atoms with Crippen LogP contribution in [0.25, 0.3) is 0 Å². The predicted molar refractivity (Wildman–Crippen MR) is 129 cm³/mol. The van der Waals surface area contributed by atoms with Gasteiger partial charge in [-0.2, -0.15) is 0 Å². The highest BCUT2D eigenvalue weighted by Crippen LogP contribution is 2.15. The van der Waals surface area contributed by atoms with E-state index in [2.05, 4.69) is 6.66 Å². The molecule has 0 radical (unpaired) electrons. The van der Waals surface area contributed by atoms with E-state index in [-0.39, 0.29) is 5.48 Å². The van der Waals surface area contributed by atoms with Crippen molar-refractivity contribution in [2.75, 3.05) is 19.4 Å². The normalized spacial score (nSPS) is 11.3. The monoisotopic (exact) mass is 403 g/mol. The minimum Gasteiger partial charge on any atom is -0.412 e. The zero-order chi connectivity index (χ0) is 19.0. The van der Waals surface area contributed by atoms with Gasteiger partial charge in [-0.1, -0.05) is 122 Å². The Labute approximate surface area is 174 Å². The molecule has 1 atom stereocenters.